The SMILES string of the molecule is C=CCOC(=O)/C=C/c1ccc(-c2ccccc2[N+](=O)[O-])o1. The van der Waals surface area contributed by atoms with Gasteiger partial charge in [-0.2, -0.15) is 0 Å². The molecule has 0 unspecified atom stereocenters. The van der Waals surface area contributed by atoms with Gasteiger partial charge in [0, 0.05) is 12.1 Å². The summed E-state index contributed by atoms with van der Waals surface area (Å²) >= 11 is 0. The molecule has 0 atom stereocenters. The lowest BCUT2D eigenvalue weighted by molar-refractivity contribution is -0.384. The third kappa shape index (κ3) is 3.69. The quantitative estimate of drug-likeness (QED) is 0.267. The molecule has 1 aromatic carbocycles. The molecule has 0 radical (unpaired) electrons. The molecule has 6 heteroatoms. The van der Waals surface area contributed by atoms with Crippen LogP contribution in [0.25, 0.3) is 17.4 Å². The van der Waals surface area contributed by atoms with Gasteiger partial charge in [-0.1, -0.05) is 24.8 Å². The largest absolute Gasteiger partial charge is 0.458 e. The molecular formula is C16H13NO5. The molecule has 112 valence electrons. The zero-order valence-corrected chi connectivity index (χ0v) is 11.6. The van der Waals surface area contributed by atoms with Gasteiger partial charge in [0.05, 0.1) is 10.5 Å². The monoisotopic (exact) mass is 299 g/mol. The molecule has 0 bridgehead atoms. The molecule has 1 heterocycles. The summed E-state index contributed by atoms with van der Waals surface area (Å²) < 4.78 is 10.3. The maximum atomic E-state index is 11.3. The Hall–Kier alpha value is -3.15. The first-order chi connectivity index (χ1) is 10.6. The number of hydrogen-bond donors (Lipinski definition) is 0. The second-order valence-corrected chi connectivity index (χ2v) is 4.23. The molecule has 0 aliphatic carbocycles. The van der Waals surface area contributed by atoms with Crippen LogP contribution in [0.1, 0.15) is 5.76 Å². The fourth-order valence-electron chi connectivity index (χ4n) is 1.77. The third-order valence-corrected chi connectivity index (χ3v) is 2.72. The lowest BCUT2D eigenvalue weighted by atomic mass is 10.1. The highest BCUT2D eigenvalue weighted by atomic mass is 16.6. The first-order valence-electron chi connectivity index (χ1n) is 6.41. The highest BCUT2D eigenvalue weighted by molar-refractivity contribution is 5.86. The Balaban J connectivity index is 2.19. The van der Waals surface area contributed by atoms with Gasteiger partial charge >= 0.3 is 5.97 Å². The van der Waals surface area contributed by atoms with Crippen molar-refractivity contribution in [1.82, 2.24) is 0 Å². The number of ether oxygens (including phenoxy) is 1. The number of rotatable bonds is 6. The van der Waals surface area contributed by atoms with Crippen molar-refractivity contribution in [3.63, 3.8) is 0 Å². The van der Waals surface area contributed by atoms with E-state index in [0.717, 1.165) is 0 Å². The Kier molecular flexibility index (Phi) is 4.87. The van der Waals surface area contributed by atoms with E-state index in [2.05, 4.69) is 6.58 Å². The maximum Gasteiger partial charge on any atom is 0.331 e. The maximum absolute atomic E-state index is 11.3. The highest BCUT2D eigenvalue weighted by Gasteiger charge is 2.16. The first kappa shape index (κ1) is 15.2. The molecule has 0 aliphatic heterocycles. The van der Waals surface area contributed by atoms with Gasteiger partial charge in [-0.05, 0) is 24.3 Å². The van der Waals surface area contributed by atoms with E-state index in [1.165, 1.54) is 24.3 Å². The first-order valence-corrected chi connectivity index (χ1v) is 6.41. The molecule has 0 spiro atoms. The summed E-state index contributed by atoms with van der Waals surface area (Å²) in [7, 11) is 0. The second kappa shape index (κ2) is 7.03. The van der Waals surface area contributed by atoms with Crippen molar-refractivity contribution in [1.29, 1.82) is 0 Å². The number of furan rings is 1. The van der Waals surface area contributed by atoms with Crippen LogP contribution in [-0.4, -0.2) is 17.5 Å². The van der Waals surface area contributed by atoms with Crippen molar-refractivity contribution in [3.8, 4) is 11.3 Å². The summed E-state index contributed by atoms with van der Waals surface area (Å²) in [6, 6.07) is 9.50. The van der Waals surface area contributed by atoms with Crippen LogP contribution in [0.4, 0.5) is 5.69 Å². The summed E-state index contributed by atoms with van der Waals surface area (Å²) in [4.78, 5) is 21.8. The number of nitrogens with zero attached hydrogens (tertiary/aromatic N) is 1. The topological polar surface area (TPSA) is 82.6 Å². The molecule has 0 fully saturated rings. The summed E-state index contributed by atoms with van der Waals surface area (Å²) in [6.45, 7) is 3.56. The summed E-state index contributed by atoms with van der Waals surface area (Å²) in [6.07, 6.45) is 4.11. The Morgan fingerprint density at radius 1 is 1.32 bits per heavy atom. The summed E-state index contributed by atoms with van der Waals surface area (Å²) in [5.74, 6) is 0.221. The summed E-state index contributed by atoms with van der Waals surface area (Å²) in [5, 5.41) is 11.0. The molecule has 0 N–H and O–H groups in total. The van der Waals surface area contributed by atoms with E-state index in [1.54, 1.807) is 30.3 Å². The normalized spacial score (nSPS) is 10.5. The molecule has 0 aliphatic rings. The van der Waals surface area contributed by atoms with Gasteiger partial charge in [-0.25, -0.2) is 4.79 Å². The van der Waals surface area contributed by atoms with Gasteiger partial charge in [-0.15, -0.1) is 0 Å². The molecule has 6 nitrogen and oxygen atoms in total. The highest BCUT2D eigenvalue weighted by Crippen LogP contribution is 2.31. The molecule has 22 heavy (non-hydrogen) atoms. The fourth-order valence-corrected chi connectivity index (χ4v) is 1.77. The number of carbonyl (C=O) groups is 1. The van der Waals surface area contributed by atoms with Crippen LogP contribution in [0.15, 0.2) is 59.5 Å². The lowest BCUT2D eigenvalue weighted by Crippen LogP contribution is -1.99. The standard InChI is InChI=1S/C16H13NO5/c1-2-11-21-16(18)10-8-12-7-9-15(22-12)13-5-3-4-6-14(13)17(19)20/h2-10H,1,11H2/b10-8+. The minimum atomic E-state index is -0.524. The van der Waals surface area contributed by atoms with Crippen molar-refractivity contribution in [2.45, 2.75) is 0 Å². The Bertz CT molecular complexity index is 730. The van der Waals surface area contributed by atoms with Crippen molar-refractivity contribution < 1.29 is 18.9 Å². The van der Waals surface area contributed by atoms with Crippen LogP contribution < -0.4 is 0 Å². The average molecular weight is 299 g/mol. The van der Waals surface area contributed by atoms with E-state index < -0.39 is 10.9 Å². The van der Waals surface area contributed by atoms with E-state index >= 15 is 0 Å². The third-order valence-electron chi connectivity index (χ3n) is 2.72. The zero-order chi connectivity index (χ0) is 15.9. The van der Waals surface area contributed by atoms with Crippen molar-refractivity contribution >= 4 is 17.7 Å². The van der Waals surface area contributed by atoms with E-state index in [9.17, 15) is 14.9 Å². The molecule has 1 aromatic heterocycles. The van der Waals surface area contributed by atoms with Crippen LogP contribution in [-0.2, 0) is 9.53 Å². The predicted octanol–water partition coefficient (Wildman–Crippen LogP) is 3.60. The Morgan fingerprint density at radius 3 is 2.82 bits per heavy atom. The lowest BCUT2D eigenvalue weighted by Gasteiger charge is -1.98. The van der Waals surface area contributed by atoms with Gasteiger partial charge in [-0.3, -0.25) is 10.1 Å². The molecule has 0 saturated heterocycles. The van der Waals surface area contributed by atoms with Crippen LogP contribution in [0.5, 0.6) is 0 Å². The Morgan fingerprint density at radius 2 is 2.09 bits per heavy atom. The van der Waals surface area contributed by atoms with Gasteiger partial charge in [0.25, 0.3) is 5.69 Å². The number of hydrogen-bond acceptors (Lipinski definition) is 5. The zero-order valence-electron chi connectivity index (χ0n) is 11.6. The molecule has 0 saturated carbocycles. The molecule has 0 amide bonds. The molecular weight excluding hydrogens is 286 g/mol. The van der Waals surface area contributed by atoms with Crippen LogP contribution in [0.3, 0.4) is 0 Å². The number of nitro benzene ring substituents is 1. The van der Waals surface area contributed by atoms with Crippen LogP contribution >= 0.6 is 0 Å². The van der Waals surface area contributed by atoms with Gasteiger partial charge in [0.2, 0.25) is 0 Å². The Labute approximate surface area is 126 Å². The van der Waals surface area contributed by atoms with Crippen molar-refractivity contribution in [2.75, 3.05) is 6.61 Å². The summed E-state index contributed by atoms with van der Waals surface area (Å²) in [5.41, 5.74) is 0.333. The number of carbonyl (C=O) groups excluding carboxylic acids is 1. The number of para-hydroxylation sites is 1. The molecule has 2 rings (SSSR count). The fraction of sp³-hybridized carbons (Fsp3) is 0.0625. The van der Waals surface area contributed by atoms with Gasteiger partial charge in [0.1, 0.15) is 18.1 Å². The predicted molar refractivity (Wildman–Crippen MR) is 81.0 cm³/mol. The number of nitro groups is 1. The minimum Gasteiger partial charge on any atom is -0.458 e. The smallest absolute Gasteiger partial charge is 0.331 e. The van der Waals surface area contributed by atoms with E-state index in [4.69, 9.17) is 9.15 Å². The average Bonchev–Trinajstić information content (AvgIpc) is 2.99. The van der Waals surface area contributed by atoms with Crippen molar-refractivity contribution in [2.24, 2.45) is 0 Å². The van der Waals surface area contributed by atoms with Crippen LogP contribution in [0.2, 0.25) is 0 Å². The van der Waals surface area contributed by atoms with E-state index in [0.29, 0.717) is 17.1 Å². The minimum absolute atomic E-state index is 0.0437. The van der Waals surface area contributed by atoms with Crippen molar-refractivity contribution in [3.05, 3.63) is 71.0 Å². The molecule has 2 aromatic rings. The second-order valence-electron chi connectivity index (χ2n) is 4.23. The number of esters is 1. The van der Waals surface area contributed by atoms with E-state index in [1.807, 2.05) is 0 Å². The van der Waals surface area contributed by atoms with Gasteiger partial charge < -0.3 is 9.15 Å². The van der Waals surface area contributed by atoms with E-state index in [-0.39, 0.29) is 12.3 Å². The number of benzene rings is 1. The van der Waals surface area contributed by atoms with Crippen LogP contribution in [0, 0.1) is 10.1 Å². The van der Waals surface area contributed by atoms with Gasteiger partial charge in [0.15, 0.2) is 0 Å².